The van der Waals surface area contributed by atoms with Gasteiger partial charge in [-0.2, -0.15) is 0 Å². The van der Waals surface area contributed by atoms with Gasteiger partial charge in [-0.1, -0.05) is 0 Å². The van der Waals surface area contributed by atoms with Crippen LogP contribution in [0, 0.1) is 0 Å². The van der Waals surface area contributed by atoms with E-state index in [4.69, 9.17) is 4.74 Å². The highest BCUT2D eigenvalue weighted by Crippen LogP contribution is 2.24. The lowest BCUT2D eigenvalue weighted by Crippen LogP contribution is -2.32. The second kappa shape index (κ2) is 6.20. The van der Waals surface area contributed by atoms with Crippen LogP contribution in [0.3, 0.4) is 0 Å². The number of allylic oxidation sites excluding steroid dienone is 1. The Morgan fingerprint density at radius 2 is 2.25 bits per heavy atom. The molecule has 2 aromatic heterocycles. The third-order valence-corrected chi connectivity index (χ3v) is 4.60. The summed E-state index contributed by atoms with van der Waals surface area (Å²) < 4.78 is 5.74. The third-order valence-electron chi connectivity index (χ3n) is 4.60. The molecule has 124 valence electrons. The summed E-state index contributed by atoms with van der Waals surface area (Å²) in [5, 5.41) is 0.974. The highest BCUT2D eigenvalue weighted by molar-refractivity contribution is 6.14. The Morgan fingerprint density at radius 1 is 1.42 bits per heavy atom. The number of carbonyl (C=O) groups is 1. The van der Waals surface area contributed by atoms with Crippen LogP contribution in [0.25, 0.3) is 17.1 Å². The number of aromatic amines is 1. The number of aromatic nitrogens is 2. The smallest absolute Gasteiger partial charge is 0.207 e. The van der Waals surface area contributed by atoms with Gasteiger partial charge in [0.15, 0.2) is 11.7 Å². The van der Waals surface area contributed by atoms with E-state index in [1.165, 1.54) is 0 Å². The Balaban J connectivity index is 1.54. The molecule has 0 spiro atoms. The van der Waals surface area contributed by atoms with Crippen LogP contribution in [0.15, 0.2) is 35.3 Å². The fourth-order valence-electron chi connectivity index (χ4n) is 3.19. The number of carbonyl (C=O) groups excluding carboxylic acids is 1. The topological polar surface area (TPSA) is 70.6 Å². The zero-order chi connectivity index (χ0) is 16.5. The summed E-state index contributed by atoms with van der Waals surface area (Å²) in [6.45, 7) is 2.08. The van der Waals surface area contributed by atoms with Crippen molar-refractivity contribution in [3.05, 3.63) is 35.8 Å². The van der Waals surface area contributed by atoms with Gasteiger partial charge in [-0.05, 0) is 51.2 Å². The summed E-state index contributed by atoms with van der Waals surface area (Å²) in [7, 11) is 2.12. The number of H-pyrrole nitrogens is 1. The summed E-state index contributed by atoms with van der Waals surface area (Å²) in [6, 6.07) is 4.11. The predicted octanol–water partition coefficient (Wildman–Crippen LogP) is 2.39. The molecule has 0 radical (unpaired) electrons. The lowest BCUT2D eigenvalue weighted by Gasteiger charge is -2.26. The van der Waals surface area contributed by atoms with Gasteiger partial charge in [0, 0.05) is 23.3 Å². The highest BCUT2D eigenvalue weighted by Gasteiger charge is 2.27. The van der Waals surface area contributed by atoms with Crippen LogP contribution >= 0.6 is 0 Å². The van der Waals surface area contributed by atoms with Crippen molar-refractivity contribution in [3.63, 3.8) is 0 Å². The minimum atomic E-state index is -0.0140. The molecule has 2 aromatic rings. The summed E-state index contributed by atoms with van der Waals surface area (Å²) >= 11 is 0. The quantitative estimate of drug-likeness (QED) is 0.861. The number of rotatable bonds is 2. The second-order valence-electron chi connectivity index (χ2n) is 6.41. The first kappa shape index (κ1) is 15.1. The first-order valence-electron chi connectivity index (χ1n) is 8.29. The fourth-order valence-corrected chi connectivity index (χ4v) is 3.19. The first-order valence-corrected chi connectivity index (χ1v) is 8.29. The lowest BCUT2D eigenvalue weighted by atomic mass is 10.1. The van der Waals surface area contributed by atoms with Crippen LogP contribution < -0.4 is 0 Å². The van der Waals surface area contributed by atoms with E-state index in [1.807, 2.05) is 18.3 Å². The number of piperidine rings is 1. The molecule has 6 nitrogen and oxygen atoms in total. The molecule has 2 saturated heterocycles. The zero-order valence-electron chi connectivity index (χ0n) is 13.7. The van der Waals surface area contributed by atoms with E-state index in [9.17, 15) is 4.79 Å². The van der Waals surface area contributed by atoms with Gasteiger partial charge in [0.25, 0.3) is 0 Å². The van der Waals surface area contributed by atoms with Crippen molar-refractivity contribution >= 4 is 28.8 Å². The second-order valence-corrected chi connectivity index (χ2v) is 6.41. The van der Waals surface area contributed by atoms with Crippen molar-refractivity contribution in [2.24, 2.45) is 4.99 Å². The van der Waals surface area contributed by atoms with Crippen LogP contribution in [0.2, 0.25) is 0 Å². The van der Waals surface area contributed by atoms with Gasteiger partial charge in [0.05, 0.1) is 12.5 Å². The minimum Gasteiger partial charge on any atom is -0.439 e. The maximum Gasteiger partial charge on any atom is 0.207 e. The lowest BCUT2D eigenvalue weighted by molar-refractivity contribution is -0.114. The molecule has 0 aromatic carbocycles. The van der Waals surface area contributed by atoms with Gasteiger partial charge in [-0.15, -0.1) is 0 Å². The van der Waals surface area contributed by atoms with Crippen molar-refractivity contribution in [1.29, 1.82) is 0 Å². The van der Waals surface area contributed by atoms with Crippen molar-refractivity contribution in [2.45, 2.75) is 25.3 Å². The number of pyridine rings is 1. The zero-order valence-corrected chi connectivity index (χ0v) is 13.7. The molecule has 6 heteroatoms. The Hall–Kier alpha value is -2.47. The van der Waals surface area contributed by atoms with Gasteiger partial charge in [-0.25, -0.2) is 4.98 Å². The molecule has 24 heavy (non-hydrogen) atoms. The molecule has 2 fully saturated rings. The van der Waals surface area contributed by atoms with Crippen LogP contribution in [0.1, 0.15) is 24.8 Å². The molecule has 2 aliphatic heterocycles. The summed E-state index contributed by atoms with van der Waals surface area (Å²) in [6.07, 6.45) is 7.65. The van der Waals surface area contributed by atoms with Crippen molar-refractivity contribution in [3.8, 4) is 0 Å². The summed E-state index contributed by atoms with van der Waals surface area (Å²) in [5.41, 5.74) is 1.71. The van der Waals surface area contributed by atoms with E-state index >= 15 is 0 Å². The van der Waals surface area contributed by atoms with Gasteiger partial charge in [-0.3, -0.25) is 9.79 Å². The molecule has 0 bridgehead atoms. The average molecular weight is 324 g/mol. The molecule has 4 rings (SSSR count). The maximum absolute atomic E-state index is 12.2. The molecule has 0 unspecified atom stereocenters. The van der Waals surface area contributed by atoms with Crippen LogP contribution in [-0.2, 0) is 9.53 Å². The van der Waals surface area contributed by atoms with Gasteiger partial charge in [0.2, 0.25) is 5.78 Å². The van der Waals surface area contributed by atoms with E-state index in [1.54, 1.807) is 12.3 Å². The van der Waals surface area contributed by atoms with Gasteiger partial charge < -0.3 is 14.6 Å². The van der Waals surface area contributed by atoms with Crippen molar-refractivity contribution in [2.75, 3.05) is 20.1 Å². The Kier molecular flexibility index (Phi) is 3.90. The number of hydrogen-bond donors (Lipinski definition) is 1. The van der Waals surface area contributed by atoms with E-state index in [0.29, 0.717) is 11.7 Å². The van der Waals surface area contributed by atoms with E-state index in [0.717, 1.165) is 42.5 Å². The summed E-state index contributed by atoms with van der Waals surface area (Å²) in [4.78, 5) is 26.5. The molecule has 4 heterocycles. The fraction of sp³-hybridized carbons (Fsp3) is 0.389. The Labute approximate surface area is 140 Å². The Morgan fingerprint density at radius 3 is 3.08 bits per heavy atom. The summed E-state index contributed by atoms with van der Waals surface area (Å²) in [5.74, 6) is 0.908. The average Bonchev–Trinajstić information content (AvgIpc) is 3.14. The van der Waals surface area contributed by atoms with Crippen molar-refractivity contribution in [1.82, 2.24) is 14.9 Å². The molecule has 1 N–H and O–H groups in total. The standard InChI is InChI=1S/C18H20N4O2/c1-22-7-4-13(5-8-22)21-17-10-15(23)16(24-17)9-12-11-20-18-14(12)3-2-6-19-18/h2-3,6,9,11,13H,4-5,7-8,10H2,1H3,(H,19,20)/b16-9-,21-17?. The van der Waals surface area contributed by atoms with Crippen molar-refractivity contribution < 1.29 is 9.53 Å². The first-order chi connectivity index (χ1) is 11.7. The SMILES string of the molecule is CN1CCC(N=C2CC(=O)/C(=C/c3c[nH]c4ncccc34)O2)CC1. The van der Waals surface area contributed by atoms with E-state index < -0.39 is 0 Å². The number of ether oxygens (including phenoxy) is 1. The largest absolute Gasteiger partial charge is 0.439 e. The Bertz CT molecular complexity index is 828. The monoisotopic (exact) mass is 324 g/mol. The van der Waals surface area contributed by atoms with Crippen LogP contribution in [-0.4, -0.2) is 52.7 Å². The molecular weight excluding hydrogens is 304 g/mol. The number of aliphatic imine (C=N–C) groups is 1. The predicted molar refractivity (Wildman–Crippen MR) is 92.7 cm³/mol. The van der Waals surface area contributed by atoms with Crippen LogP contribution in [0.4, 0.5) is 0 Å². The van der Waals surface area contributed by atoms with Gasteiger partial charge in [0.1, 0.15) is 5.65 Å². The maximum atomic E-state index is 12.2. The van der Waals surface area contributed by atoms with E-state index in [2.05, 4.69) is 26.9 Å². The molecule has 0 saturated carbocycles. The minimum absolute atomic E-state index is 0.0140. The number of fused-ring (bicyclic) bond motifs is 1. The molecule has 0 amide bonds. The number of nitrogens with zero attached hydrogens (tertiary/aromatic N) is 3. The third kappa shape index (κ3) is 2.97. The molecular formula is C18H20N4O2. The van der Waals surface area contributed by atoms with E-state index in [-0.39, 0.29) is 18.2 Å². The number of hydrogen-bond acceptors (Lipinski definition) is 5. The number of Topliss-reactive ketones (excluding diaryl/α,β-unsaturated/α-hetero) is 1. The number of likely N-dealkylation sites (tertiary alicyclic amines) is 1. The highest BCUT2D eigenvalue weighted by atomic mass is 16.5. The van der Waals surface area contributed by atoms with Crippen LogP contribution in [0.5, 0.6) is 0 Å². The number of nitrogens with one attached hydrogen (secondary N) is 1. The molecule has 2 aliphatic rings. The normalized spacial score (nSPS) is 23.5. The molecule has 0 atom stereocenters. The number of ketones is 1. The van der Waals surface area contributed by atoms with Gasteiger partial charge >= 0.3 is 0 Å². The molecule has 0 aliphatic carbocycles.